The Morgan fingerprint density at radius 2 is 2.11 bits per heavy atom. The zero-order chi connectivity index (χ0) is 13.0. The molecule has 0 spiro atoms. The second-order valence-corrected chi connectivity index (χ2v) is 4.57. The molecule has 1 fully saturated rings. The van der Waals surface area contributed by atoms with Crippen LogP contribution in [-0.4, -0.2) is 18.6 Å². The summed E-state index contributed by atoms with van der Waals surface area (Å²) < 4.78 is 17.9. The lowest BCUT2D eigenvalue weighted by Crippen LogP contribution is -2.41. The molecule has 0 saturated heterocycles. The molecule has 3 nitrogen and oxygen atoms in total. The molecule has 0 bridgehead atoms. The van der Waals surface area contributed by atoms with E-state index in [1.807, 2.05) is 0 Å². The lowest BCUT2D eigenvalue weighted by molar-refractivity contribution is -0.146. The highest BCUT2D eigenvalue weighted by molar-refractivity contribution is 5.79. The van der Waals surface area contributed by atoms with Gasteiger partial charge in [-0.1, -0.05) is 6.42 Å². The fraction of sp³-hybridized carbons (Fsp3) is 0.500. The first-order chi connectivity index (χ1) is 8.70. The summed E-state index contributed by atoms with van der Waals surface area (Å²) in [5, 5.41) is 3.15. The lowest BCUT2D eigenvalue weighted by atomic mass is 9.79. The van der Waals surface area contributed by atoms with Crippen molar-refractivity contribution < 1.29 is 13.9 Å². The molecule has 0 heterocycles. The Balaban J connectivity index is 2.04. The molecule has 0 amide bonds. The van der Waals surface area contributed by atoms with Crippen molar-refractivity contribution in [1.29, 1.82) is 0 Å². The highest BCUT2D eigenvalue weighted by Gasteiger charge is 2.33. The van der Waals surface area contributed by atoms with Gasteiger partial charge in [0.15, 0.2) is 0 Å². The molecule has 0 aromatic heterocycles. The lowest BCUT2D eigenvalue weighted by Gasteiger charge is -2.33. The summed E-state index contributed by atoms with van der Waals surface area (Å²) in [6.07, 6.45) is 3.24. The molecule has 1 aromatic rings. The van der Waals surface area contributed by atoms with E-state index in [0.717, 1.165) is 24.9 Å². The van der Waals surface area contributed by atoms with Crippen LogP contribution in [0.15, 0.2) is 24.3 Å². The molecule has 98 valence electrons. The predicted octanol–water partition coefficient (Wildman–Crippen LogP) is 2.97. The highest BCUT2D eigenvalue weighted by atomic mass is 19.1. The average Bonchev–Trinajstić information content (AvgIpc) is 2.29. The molecule has 2 rings (SSSR count). The maximum Gasteiger partial charge on any atom is 0.328 e. The number of hydrogen-bond acceptors (Lipinski definition) is 3. The van der Waals surface area contributed by atoms with Gasteiger partial charge in [-0.05, 0) is 49.9 Å². The number of hydrogen-bond donors (Lipinski definition) is 1. The maximum atomic E-state index is 12.8. The summed E-state index contributed by atoms with van der Waals surface area (Å²) in [5.74, 6) is -0.169. The molecule has 1 atom stereocenters. The van der Waals surface area contributed by atoms with Crippen LogP contribution in [0.4, 0.5) is 10.1 Å². The number of anilines is 1. The maximum absolute atomic E-state index is 12.8. The van der Waals surface area contributed by atoms with Gasteiger partial charge in [0.25, 0.3) is 0 Å². The van der Waals surface area contributed by atoms with E-state index in [0.29, 0.717) is 12.5 Å². The summed E-state index contributed by atoms with van der Waals surface area (Å²) >= 11 is 0. The van der Waals surface area contributed by atoms with Crippen LogP contribution in [0.2, 0.25) is 0 Å². The molecule has 0 aliphatic heterocycles. The molecule has 1 unspecified atom stereocenters. The molecule has 1 aliphatic carbocycles. The van der Waals surface area contributed by atoms with E-state index >= 15 is 0 Å². The fourth-order valence-corrected chi connectivity index (χ4v) is 2.10. The van der Waals surface area contributed by atoms with E-state index < -0.39 is 0 Å². The van der Waals surface area contributed by atoms with Crippen molar-refractivity contribution in [3.8, 4) is 0 Å². The van der Waals surface area contributed by atoms with Gasteiger partial charge in [-0.25, -0.2) is 9.18 Å². The summed E-state index contributed by atoms with van der Waals surface area (Å²) in [7, 11) is 0. The van der Waals surface area contributed by atoms with Crippen LogP contribution in [0, 0.1) is 11.7 Å². The minimum Gasteiger partial charge on any atom is -0.464 e. The number of rotatable bonds is 5. The van der Waals surface area contributed by atoms with Crippen molar-refractivity contribution >= 4 is 11.7 Å². The number of nitrogens with one attached hydrogen (secondary N) is 1. The summed E-state index contributed by atoms with van der Waals surface area (Å²) in [6, 6.07) is 5.72. The van der Waals surface area contributed by atoms with Crippen LogP contribution in [0.3, 0.4) is 0 Å². The Bertz CT molecular complexity index is 401. The Hall–Kier alpha value is -1.58. The minimum absolute atomic E-state index is 0.216. The summed E-state index contributed by atoms with van der Waals surface area (Å²) in [6.45, 7) is 2.18. The van der Waals surface area contributed by atoms with Gasteiger partial charge < -0.3 is 10.1 Å². The molecular weight excluding hydrogens is 233 g/mol. The van der Waals surface area contributed by atoms with Gasteiger partial charge in [-0.2, -0.15) is 0 Å². The Labute approximate surface area is 106 Å². The number of halogens is 1. The van der Waals surface area contributed by atoms with Crippen LogP contribution in [0.5, 0.6) is 0 Å². The third-order valence-electron chi connectivity index (χ3n) is 3.33. The van der Waals surface area contributed by atoms with Gasteiger partial charge in [-0.3, -0.25) is 0 Å². The largest absolute Gasteiger partial charge is 0.464 e. The van der Waals surface area contributed by atoms with Gasteiger partial charge in [0, 0.05) is 5.69 Å². The molecular formula is C14H18FNO2. The Morgan fingerprint density at radius 3 is 2.61 bits per heavy atom. The fourth-order valence-electron chi connectivity index (χ4n) is 2.10. The van der Waals surface area contributed by atoms with E-state index in [1.165, 1.54) is 12.1 Å². The van der Waals surface area contributed by atoms with Crippen molar-refractivity contribution in [2.45, 2.75) is 32.2 Å². The minimum atomic E-state index is -0.316. The molecule has 18 heavy (non-hydrogen) atoms. The predicted molar refractivity (Wildman–Crippen MR) is 67.8 cm³/mol. The monoisotopic (exact) mass is 251 g/mol. The van der Waals surface area contributed by atoms with Crippen molar-refractivity contribution in [3.05, 3.63) is 30.1 Å². The summed E-state index contributed by atoms with van der Waals surface area (Å²) in [4.78, 5) is 11.9. The van der Waals surface area contributed by atoms with Crippen molar-refractivity contribution in [2.75, 3.05) is 11.9 Å². The standard InChI is InChI=1S/C14H18FNO2/c1-2-18-14(17)13(10-4-3-5-10)16-12-8-6-11(15)7-9-12/h6-10,13,16H,2-5H2,1H3. The third-order valence-corrected chi connectivity index (χ3v) is 3.33. The Morgan fingerprint density at radius 1 is 1.44 bits per heavy atom. The summed E-state index contributed by atoms with van der Waals surface area (Å²) in [5.41, 5.74) is 0.751. The second-order valence-electron chi connectivity index (χ2n) is 4.57. The zero-order valence-electron chi connectivity index (χ0n) is 10.5. The van der Waals surface area contributed by atoms with Crippen LogP contribution in [0.25, 0.3) is 0 Å². The van der Waals surface area contributed by atoms with E-state index in [9.17, 15) is 9.18 Å². The number of esters is 1. The number of carbonyl (C=O) groups excluding carboxylic acids is 1. The van der Waals surface area contributed by atoms with Gasteiger partial charge in [0.05, 0.1) is 6.61 Å². The van der Waals surface area contributed by atoms with Crippen LogP contribution >= 0.6 is 0 Å². The smallest absolute Gasteiger partial charge is 0.328 e. The second kappa shape index (κ2) is 5.85. The van der Waals surface area contributed by atoms with Gasteiger partial charge in [0.1, 0.15) is 11.9 Å². The van der Waals surface area contributed by atoms with Gasteiger partial charge in [0.2, 0.25) is 0 Å². The third kappa shape index (κ3) is 3.00. The number of ether oxygens (including phenoxy) is 1. The molecule has 1 aliphatic rings. The molecule has 4 heteroatoms. The van der Waals surface area contributed by atoms with Crippen LogP contribution < -0.4 is 5.32 Å². The topological polar surface area (TPSA) is 38.3 Å². The first-order valence-corrected chi connectivity index (χ1v) is 6.39. The van der Waals surface area contributed by atoms with E-state index in [2.05, 4.69) is 5.32 Å². The first-order valence-electron chi connectivity index (χ1n) is 6.39. The van der Waals surface area contributed by atoms with Crippen molar-refractivity contribution in [3.63, 3.8) is 0 Å². The molecule has 1 N–H and O–H groups in total. The van der Waals surface area contributed by atoms with E-state index in [4.69, 9.17) is 4.74 Å². The average molecular weight is 251 g/mol. The molecule has 1 aromatic carbocycles. The van der Waals surface area contributed by atoms with Gasteiger partial charge >= 0.3 is 5.97 Å². The van der Waals surface area contributed by atoms with Crippen LogP contribution in [0.1, 0.15) is 26.2 Å². The number of benzene rings is 1. The first kappa shape index (κ1) is 12.9. The van der Waals surface area contributed by atoms with Gasteiger partial charge in [-0.15, -0.1) is 0 Å². The zero-order valence-corrected chi connectivity index (χ0v) is 10.5. The quantitative estimate of drug-likeness (QED) is 0.818. The molecule has 0 radical (unpaired) electrons. The normalized spacial score (nSPS) is 16.8. The van der Waals surface area contributed by atoms with E-state index in [1.54, 1.807) is 19.1 Å². The molecule has 1 saturated carbocycles. The van der Waals surface area contributed by atoms with Crippen molar-refractivity contribution in [1.82, 2.24) is 0 Å². The van der Waals surface area contributed by atoms with E-state index in [-0.39, 0.29) is 17.8 Å². The van der Waals surface area contributed by atoms with Crippen LogP contribution in [-0.2, 0) is 9.53 Å². The number of carbonyl (C=O) groups is 1. The Kier molecular flexibility index (Phi) is 4.18. The highest BCUT2D eigenvalue weighted by Crippen LogP contribution is 2.31. The SMILES string of the molecule is CCOC(=O)C(Nc1ccc(F)cc1)C1CCC1. The van der Waals surface area contributed by atoms with Crippen molar-refractivity contribution in [2.24, 2.45) is 5.92 Å².